The van der Waals surface area contributed by atoms with E-state index in [1.807, 2.05) is 47.4 Å². The Morgan fingerprint density at radius 1 is 1.07 bits per heavy atom. The molecule has 1 fully saturated rings. The molecule has 6 heteroatoms. The molecule has 1 aliphatic carbocycles. The highest BCUT2D eigenvalue weighted by atomic mass is 16.2. The molecule has 3 amide bonds. The van der Waals surface area contributed by atoms with Gasteiger partial charge in [-0.2, -0.15) is 0 Å². The van der Waals surface area contributed by atoms with Gasteiger partial charge >= 0.3 is 6.03 Å². The first kappa shape index (κ1) is 19.5. The van der Waals surface area contributed by atoms with E-state index >= 15 is 0 Å². The molecule has 1 saturated heterocycles. The van der Waals surface area contributed by atoms with Gasteiger partial charge in [-0.1, -0.05) is 24.3 Å². The van der Waals surface area contributed by atoms with Crippen LogP contribution in [0.1, 0.15) is 40.4 Å². The number of urea groups is 1. The Kier molecular flexibility index (Phi) is 5.81. The van der Waals surface area contributed by atoms with Crippen LogP contribution in [0, 0.1) is 0 Å². The van der Waals surface area contributed by atoms with E-state index < -0.39 is 0 Å². The molecule has 0 bridgehead atoms. The molecule has 2 aromatic carbocycles. The van der Waals surface area contributed by atoms with Crippen LogP contribution in [0.3, 0.4) is 0 Å². The van der Waals surface area contributed by atoms with E-state index in [0.717, 1.165) is 56.7 Å². The number of fused-ring (bicyclic) bond motifs is 1. The van der Waals surface area contributed by atoms with Gasteiger partial charge in [-0.25, -0.2) is 4.79 Å². The maximum atomic E-state index is 12.6. The van der Waals surface area contributed by atoms with Gasteiger partial charge in [0, 0.05) is 11.3 Å². The number of piperazine rings is 1. The summed E-state index contributed by atoms with van der Waals surface area (Å²) in [6.45, 7) is 3.51. The quantitative estimate of drug-likeness (QED) is 0.745. The maximum absolute atomic E-state index is 12.6. The first-order valence-corrected chi connectivity index (χ1v) is 10.5. The van der Waals surface area contributed by atoms with E-state index in [4.69, 9.17) is 0 Å². The number of nitrogens with zero attached hydrogens (tertiary/aromatic N) is 1. The molecule has 4 rings (SSSR count). The fourth-order valence-electron chi connectivity index (χ4n) is 4.15. The molecular formula is C23H29N4O2+. The summed E-state index contributed by atoms with van der Waals surface area (Å²) < 4.78 is 0. The number of amides is 3. The van der Waals surface area contributed by atoms with Crippen molar-refractivity contribution >= 4 is 17.6 Å². The number of likely N-dealkylation sites (N-methyl/N-ethyl adjacent to an activating group) is 1. The monoisotopic (exact) mass is 393 g/mol. The number of rotatable bonds is 3. The second-order valence-corrected chi connectivity index (χ2v) is 8.07. The van der Waals surface area contributed by atoms with Crippen molar-refractivity contribution in [3.05, 3.63) is 65.2 Å². The van der Waals surface area contributed by atoms with Crippen molar-refractivity contribution in [2.75, 3.05) is 38.5 Å². The Morgan fingerprint density at radius 3 is 2.59 bits per heavy atom. The number of anilines is 1. The van der Waals surface area contributed by atoms with Crippen LogP contribution in [0.2, 0.25) is 0 Å². The van der Waals surface area contributed by atoms with E-state index in [9.17, 15) is 9.59 Å². The number of aryl methyl sites for hydroxylation is 1. The third-order valence-electron chi connectivity index (χ3n) is 5.96. The Morgan fingerprint density at radius 2 is 1.83 bits per heavy atom. The maximum Gasteiger partial charge on any atom is 0.322 e. The van der Waals surface area contributed by atoms with E-state index in [-0.39, 0.29) is 18.0 Å². The molecule has 152 valence electrons. The van der Waals surface area contributed by atoms with Gasteiger partial charge in [0.05, 0.1) is 39.3 Å². The van der Waals surface area contributed by atoms with E-state index in [1.165, 1.54) is 10.5 Å². The molecule has 6 nitrogen and oxygen atoms in total. The zero-order chi connectivity index (χ0) is 20.2. The summed E-state index contributed by atoms with van der Waals surface area (Å²) >= 11 is 0. The predicted octanol–water partition coefficient (Wildman–Crippen LogP) is 1.86. The standard InChI is InChI=1S/C23H28N4O2/c1-26-12-14-27(15-13-26)23(29)24-19-11-10-17-8-5-9-21(20(17)16-19)25-22(28)18-6-3-2-4-7-18/h2-4,6-7,10-11,16,21H,5,8-9,12-15H2,1H3,(H,24,29)(H,25,28)/p+1/t21-/m1/s1. The second kappa shape index (κ2) is 8.66. The molecule has 0 aromatic heterocycles. The number of benzene rings is 2. The van der Waals surface area contributed by atoms with Gasteiger partial charge < -0.3 is 20.4 Å². The first-order valence-electron chi connectivity index (χ1n) is 10.5. The highest BCUT2D eigenvalue weighted by molar-refractivity contribution is 5.94. The molecule has 0 radical (unpaired) electrons. The third-order valence-corrected chi connectivity index (χ3v) is 5.96. The number of carbonyl (C=O) groups is 2. The van der Waals surface area contributed by atoms with Crippen LogP contribution in [0.4, 0.5) is 10.5 Å². The minimum atomic E-state index is -0.0576. The summed E-state index contributed by atoms with van der Waals surface area (Å²) in [6.07, 6.45) is 2.95. The largest absolute Gasteiger partial charge is 0.345 e. The molecule has 0 spiro atoms. The van der Waals surface area contributed by atoms with Crippen LogP contribution < -0.4 is 15.5 Å². The van der Waals surface area contributed by atoms with Gasteiger partial charge in [-0.05, 0) is 54.7 Å². The van der Waals surface area contributed by atoms with Crippen LogP contribution in [0.25, 0.3) is 0 Å². The fraction of sp³-hybridized carbons (Fsp3) is 0.391. The van der Waals surface area contributed by atoms with Crippen LogP contribution in [0.5, 0.6) is 0 Å². The predicted molar refractivity (Wildman–Crippen MR) is 113 cm³/mol. The van der Waals surface area contributed by atoms with E-state index in [2.05, 4.69) is 23.7 Å². The van der Waals surface area contributed by atoms with Crippen molar-refractivity contribution in [1.29, 1.82) is 0 Å². The average Bonchev–Trinajstić information content (AvgIpc) is 2.75. The first-order chi connectivity index (χ1) is 14.1. The molecule has 29 heavy (non-hydrogen) atoms. The molecule has 2 aromatic rings. The SMILES string of the molecule is C[NH+]1CCN(C(=O)Nc2ccc3c(c2)[C@H](NC(=O)c2ccccc2)CCC3)CC1. The molecule has 1 atom stereocenters. The molecule has 0 saturated carbocycles. The fourth-order valence-corrected chi connectivity index (χ4v) is 4.15. The third kappa shape index (κ3) is 4.59. The average molecular weight is 394 g/mol. The minimum absolute atomic E-state index is 0.0319. The van der Waals surface area contributed by atoms with Gasteiger partial charge in [0.1, 0.15) is 0 Å². The van der Waals surface area contributed by atoms with Crippen molar-refractivity contribution in [2.45, 2.75) is 25.3 Å². The zero-order valence-corrected chi connectivity index (χ0v) is 16.9. The van der Waals surface area contributed by atoms with Crippen molar-refractivity contribution < 1.29 is 14.5 Å². The lowest BCUT2D eigenvalue weighted by Crippen LogP contribution is -3.12. The van der Waals surface area contributed by atoms with E-state index in [0.29, 0.717) is 5.56 Å². The summed E-state index contributed by atoms with van der Waals surface area (Å²) in [5, 5.41) is 6.22. The summed E-state index contributed by atoms with van der Waals surface area (Å²) in [4.78, 5) is 28.6. The summed E-state index contributed by atoms with van der Waals surface area (Å²) in [5.41, 5.74) is 3.82. The number of carbonyl (C=O) groups excluding carboxylic acids is 2. The summed E-state index contributed by atoms with van der Waals surface area (Å²) in [7, 11) is 2.16. The number of quaternary nitrogens is 1. The summed E-state index contributed by atoms with van der Waals surface area (Å²) in [5.74, 6) is -0.0576. The van der Waals surface area contributed by atoms with Crippen molar-refractivity contribution in [3.63, 3.8) is 0 Å². The lowest BCUT2D eigenvalue weighted by Gasteiger charge is -2.30. The normalized spacial score (nSPS) is 19.3. The molecule has 2 aliphatic rings. The highest BCUT2D eigenvalue weighted by Gasteiger charge is 2.24. The van der Waals surface area contributed by atoms with Crippen LogP contribution >= 0.6 is 0 Å². The van der Waals surface area contributed by atoms with Gasteiger partial charge in [0.15, 0.2) is 0 Å². The Balaban J connectivity index is 1.46. The molecule has 3 N–H and O–H groups in total. The van der Waals surface area contributed by atoms with Gasteiger partial charge in [-0.3, -0.25) is 4.79 Å². The van der Waals surface area contributed by atoms with Gasteiger partial charge in [-0.15, -0.1) is 0 Å². The lowest BCUT2D eigenvalue weighted by atomic mass is 9.87. The van der Waals surface area contributed by atoms with Crippen LogP contribution in [-0.4, -0.2) is 50.1 Å². The number of nitrogens with one attached hydrogen (secondary N) is 3. The highest BCUT2D eigenvalue weighted by Crippen LogP contribution is 2.32. The number of hydrogen-bond acceptors (Lipinski definition) is 2. The van der Waals surface area contributed by atoms with Crippen LogP contribution in [0.15, 0.2) is 48.5 Å². The molecule has 0 unspecified atom stereocenters. The van der Waals surface area contributed by atoms with Crippen molar-refractivity contribution in [1.82, 2.24) is 10.2 Å². The molecular weight excluding hydrogens is 364 g/mol. The van der Waals surface area contributed by atoms with Crippen molar-refractivity contribution in [3.8, 4) is 0 Å². The van der Waals surface area contributed by atoms with Crippen LogP contribution in [-0.2, 0) is 6.42 Å². The minimum Gasteiger partial charge on any atom is -0.345 e. The molecule has 1 heterocycles. The topological polar surface area (TPSA) is 65.9 Å². The van der Waals surface area contributed by atoms with Gasteiger partial charge in [0.25, 0.3) is 5.91 Å². The Labute approximate surface area is 171 Å². The van der Waals surface area contributed by atoms with E-state index in [1.54, 1.807) is 0 Å². The lowest BCUT2D eigenvalue weighted by molar-refractivity contribution is -0.883. The second-order valence-electron chi connectivity index (χ2n) is 8.07. The smallest absolute Gasteiger partial charge is 0.322 e. The summed E-state index contributed by atoms with van der Waals surface area (Å²) in [6, 6.07) is 15.3. The number of hydrogen-bond donors (Lipinski definition) is 3. The Hall–Kier alpha value is -2.86. The Bertz CT molecular complexity index is 876. The molecule has 1 aliphatic heterocycles. The van der Waals surface area contributed by atoms with Crippen molar-refractivity contribution in [2.24, 2.45) is 0 Å². The zero-order valence-electron chi connectivity index (χ0n) is 16.9. The van der Waals surface area contributed by atoms with Gasteiger partial charge in [0.2, 0.25) is 0 Å².